The van der Waals surface area contributed by atoms with Crippen molar-refractivity contribution in [2.45, 2.75) is 6.42 Å². The van der Waals surface area contributed by atoms with Gasteiger partial charge in [-0.25, -0.2) is 4.79 Å². The summed E-state index contributed by atoms with van der Waals surface area (Å²) in [4.78, 5) is 11.2. The van der Waals surface area contributed by atoms with Crippen LogP contribution in [0.5, 0.6) is 0 Å². The summed E-state index contributed by atoms with van der Waals surface area (Å²) in [6.07, 6.45) is 4.03. The molecule has 0 heterocycles. The van der Waals surface area contributed by atoms with Crippen molar-refractivity contribution in [3.63, 3.8) is 0 Å². The van der Waals surface area contributed by atoms with Gasteiger partial charge in [-0.2, -0.15) is 0 Å². The highest BCUT2D eigenvalue weighted by Gasteiger charge is 1.95. The Kier molecular flexibility index (Phi) is 5.78. The first-order valence-corrected chi connectivity index (χ1v) is 5.91. The summed E-state index contributed by atoms with van der Waals surface area (Å²) in [7, 11) is 0. The zero-order valence-corrected chi connectivity index (χ0v) is 9.94. The van der Waals surface area contributed by atoms with Crippen molar-refractivity contribution in [3.8, 4) is 0 Å². The first-order valence-electron chi connectivity index (χ1n) is 4.79. The van der Waals surface area contributed by atoms with Crippen LogP contribution in [0.2, 0.25) is 0 Å². The lowest BCUT2D eigenvalue weighted by Gasteiger charge is -1.98. The van der Waals surface area contributed by atoms with Crippen molar-refractivity contribution in [1.82, 2.24) is 0 Å². The van der Waals surface area contributed by atoms with Gasteiger partial charge in [-0.15, -0.1) is 0 Å². The molecule has 0 fully saturated rings. The second-order valence-corrected chi connectivity index (χ2v) is 3.75. The van der Waals surface area contributed by atoms with E-state index in [2.05, 4.69) is 15.9 Å². The summed E-state index contributed by atoms with van der Waals surface area (Å²) in [6.45, 7) is 0.462. The highest BCUT2D eigenvalue weighted by Crippen LogP contribution is 2.01. The van der Waals surface area contributed by atoms with Gasteiger partial charge in [0.05, 0.1) is 6.61 Å². The fraction of sp³-hybridized carbons (Fsp3) is 0.250. The van der Waals surface area contributed by atoms with Crippen LogP contribution in [0.15, 0.2) is 36.4 Å². The van der Waals surface area contributed by atoms with Gasteiger partial charge in [0.15, 0.2) is 0 Å². The quantitative estimate of drug-likeness (QED) is 0.355. The lowest BCUT2D eigenvalue weighted by molar-refractivity contribution is -0.137. The van der Waals surface area contributed by atoms with Crippen LogP contribution in [0.1, 0.15) is 12.0 Å². The van der Waals surface area contributed by atoms with Gasteiger partial charge in [0, 0.05) is 11.4 Å². The van der Waals surface area contributed by atoms with Crippen LogP contribution in [-0.2, 0) is 9.53 Å². The monoisotopic (exact) mass is 268 g/mol. The number of halogens is 1. The van der Waals surface area contributed by atoms with Gasteiger partial charge in [-0.3, -0.25) is 0 Å². The molecule has 80 valence electrons. The van der Waals surface area contributed by atoms with Crippen LogP contribution < -0.4 is 0 Å². The van der Waals surface area contributed by atoms with Gasteiger partial charge in [0.25, 0.3) is 0 Å². The lowest BCUT2D eigenvalue weighted by atomic mass is 10.2. The minimum atomic E-state index is -0.292. The van der Waals surface area contributed by atoms with Crippen LogP contribution in [0.3, 0.4) is 0 Å². The minimum absolute atomic E-state index is 0.292. The molecule has 2 nitrogen and oxygen atoms in total. The topological polar surface area (TPSA) is 26.3 Å². The number of esters is 1. The molecule has 0 aliphatic rings. The Bertz CT molecular complexity index is 320. The van der Waals surface area contributed by atoms with E-state index >= 15 is 0 Å². The van der Waals surface area contributed by atoms with Gasteiger partial charge in [0.1, 0.15) is 0 Å². The summed E-state index contributed by atoms with van der Waals surface area (Å²) in [6, 6.07) is 9.65. The number of hydrogen-bond acceptors (Lipinski definition) is 2. The van der Waals surface area contributed by atoms with E-state index in [9.17, 15) is 4.79 Å². The summed E-state index contributed by atoms with van der Waals surface area (Å²) >= 11 is 3.27. The molecule has 0 atom stereocenters. The van der Waals surface area contributed by atoms with E-state index in [1.165, 1.54) is 6.08 Å². The van der Waals surface area contributed by atoms with E-state index in [4.69, 9.17) is 4.74 Å². The van der Waals surface area contributed by atoms with Crippen LogP contribution in [-0.4, -0.2) is 17.9 Å². The van der Waals surface area contributed by atoms with Gasteiger partial charge in [0.2, 0.25) is 0 Å². The summed E-state index contributed by atoms with van der Waals surface area (Å²) in [5.74, 6) is -0.292. The number of carbonyl (C=O) groups is 1. The van der Waals surface area contributed by atoms with Crippen molar-refractivity contribution in [1.29, 1.82) is 0 Å². The van der Waals surface area contributed by atoms with E-state index in [1.807, 2.05) is 30.3 Å². The van der Waals surface area contributed by atoms with E-state index in [0.29, 0.717) is 6.61 Å². The van der Waals surface area contributed by atoms with Gasteiger partial charge in [-0.05, 0) is 18.1 Å². The molecule has 0 amide bonds. The maximum absolute atomic E-state index is 11.2. The molecule has 0 radical (unpaired) electrons. The van der Waals surface area contributed by atoms with Gasteiger partial charge >= 0.3 is 5.97 Å². The molecule has 3 heteroatoms. The third-order valence-corrected chi connectivity index (χ3v) is 2.29. The van der Waals surface area contributed by atoms with Crippen LogP contribution in [0, 0.1) is 0 Å². The average molecular weight is 269 g/mol. The normalized spacial score (nSPS) is 10.5. The standard InChI is InChI=1S/C12H13BrO2/c13-9-4-10-15-12(14)8-7-11-5-2-1-3-6-11/h1-3,5-8H,4,9-10H2/b8-7+. The molecule has 0 saturated carbocycles. The van der Waals surface area contributed by atoms with E-state index in [-0.39, 0.29) is 5.97 Å². The summed E-state index contributed by atoms with van der Waals surface area (Å²) < 4.78 is 4.95. The van der Waals surface area contributed by atoms with E-state index in [1.54, 1.807) is 6.08 Å². The molecule has 0 unspecified atom stereocenters. The molecule has 0 spiro atoms. The third-order valence-electron chi connectivity index (χ3n) is 1.73. The van der Waals surface area contributed by atoms with Gasteiger partial charge in [-0.1, -0.05) is 46.3 Å². The van der Waals surface area contributed by atoms with Crippen molar-refractivity contribution in [2.75, 3.05) is 11.9 Å². The predicted molar refractivity (Wildman–Crippen MR) is 64.8 cm³/mol. The maximum atomic E-state index is 11.2. The first kappa shape index (κ1) is 12.0. The average Bonchev–Trinajstić information content (AvgIpc) is 2.28. The number of carbonyl (C=O) groups excluding carboxylic acids is 1. The third kappa shape index (κ3) is 5.37. The molecule has 1 aromatic carbocycles. The van der Waals surface area contributed by atoms with E-state index < -0.39 is 0 Å². The largest absolute Gasteiger partial charge is 0.462 e. The van der Waals surface area contributed by atoms with Gasteiger partial charge < -0.3 is 4.74 Å². The van der Waals surface area contributed by atoms with E-state index in [0.717, 1.165) is 17.3 Å². The minimum Gasteiger partial charge on any atom is -0.462 e. The molecule has 1 aromatic rings. The molecule has 0 saturated heterocycles. The van der Waals surface area contributed by atoms with Crippen molar-refractivity contribution in [2.24, 2.45) is 0 Å². The second kappa shape index (κ2) is 7.23. The zero-order valence-electron chi connectivity index (χ0n) is 8.36. The summed E-state index contributed by atoms with van der Waals surface area (Å²) in [5, 5.41) is 0.850. The maximum Gasteiger partial charge on any atom is 0.330 e. The predicted octanol–water partition coefficient (Wildman–Crippen LogP) is 3.03. The number of ether oxygens (including phenoxy) is 1. The lowest BCUT2D eigenvalue weighted by Crippen LogP contribution is -2.02. The number of rotatable bonds is 5. The molecule has 0 N–H and O–H groups in total. The molecule has 0 aliphatic carbocycles. The molecular weight excluding hydrogens is 256 g/mol. The van der Waals surface area contributed by atoms with Crippen LogP contribution in [0.25, 0.3) is 6.08 Å². The Hall–Kier alpha value is -1.09. The molecule has 15 heavy (non-hydrogen) atoms. The van der Waals surface area contributed by atoms with Crippen molar-refractivity contribution < 1.29 is 9.53 Å². The Morgan fingerprint density at radius 1 is 1.33 bits per heavy atom. The highest BCUT2D eigenvalue weighted by atomic mass is 79.9. The number of hydrogen-bond donors (Lipinski definition) is 0. The number of alkyl halides is 1. The Morgan fingerprint density at radius 3 is 2.73 bits per heavy atom. The van der Waals surface area contributed by atoms with Crippen molar-refractivity contribution in [3.05, 3.63) is 42.0 Å². The first-order chi connectivity index (χ1) is 7.33. The SMILES string of the molecule is O=C(/C=C/c1ccccc1)OCCCBr. The van der Waals surface area contributed by atoms with Crippen molar-refractivity contribution >= 4 is 28.0 Å². The zero-order chi connectivity index (χ0) is 10.9. The molecule has 0 bridgehead atoms. The Morgan fingerprint density at radius 2 is 2.07 bits per heavy atom. The second-order valence-electron chi connectivity index (χ2n) is 2.95. The fourth-order valence-electron chi connectivity index (χ4n) is 1.00. The molecule has 0 aromatic heterocycles. The Balaban J connectivity index is 2.34. The number of benzene rings is 1. The molecular formula is C12H13BrO2. The summed E-state index contributed by atoms with van der Waals surface area (Å²) in [5.41, 5.74) is 0.995. The Labute approximate surface area is 98.1 Å². The van der Waals surface area contributed by atoms with Crippen LogP contribution in [0.4, 0.5) is 0 Å². The highest BCUT2D eigenvalue weighted by molar-refractivity contribution is 9.09. The smallest absolute Gasteiger partial charge is 0.330 e. The van der Waals surface area contributed by atoms with Crippen LogP contribution >= 0.6 is 15.9 Å². The fourth-order valence-corrected chi connectivity index (χ4v) is 1.23. The molecule has 1 rings (SSSR count). The molecule has 0 aliphatic heterocycles.